The number of unbranched alkanes of at least 4 members (excludes halogenated alkanes) is 2. The molecular formula is C20H19ClN4O3. The molecule has 0 saturated carbocycles. The number of hydrazine groups is 1. The number of halogens is 1. The number of hydrogen-bond acceptors (Lipinski definition) is 7. The van der Waals surface area contributed by atoms with Crippen molar-refractivity contribution in [1.82, 2.24) is 11.0 Å². The van der Waals surface area contributed by atoms with Gasteiger partial charge in [-0.05, 0) is 36.6 Å². The van der Waals surface area contributed by atoms with Crippen LogP contribution in [0.2, 0.25) is 5.02 Å². The van der Waals surface area contributed by atoms with E-state index in [0.717, 1.165) is 29.7 Å². The Bertz CT molecular complexity index is 949. The lowest BCUT2D eigenvalue weighted by Gasteiger charge is -2.20. The lowest BCUT2D eigenvalue weighted by Crippen LogP contribution is -2.29. The highest BCUT2D eigenvalue weighted by atomic mass is 35.5. The van der Waals surface area contributed by atoms with Gasteiger partial charge in [-0.25, -0.2) is 5.53 Å². The Morgan fingerprint density at radius 3 is 2.64 bits per heavy atom. The molecule has 0 radical (unpaired) electrons. The second-order valence-electron chi connectivity index (χ2n) is 6.09. The largest absolute Gasteiger partial charge is 0.507 e. The van der Waals surface area contributed by atoms with Gasteiger partial charge in [0.05, 0.1) is 29.6 Å². The highest BCUT2D eigenvalue weighted by Crippen LogP contribution is 2.36. The third-order valence-corrected chi connectivity index (χ3v) is 4.46. The van der Waals surface area contributed by atoms with E-state index < -0.39 is 0 Å². The van der Waals surface area contributed by atoms with Crippen LogP contribution in [-0.2, 0) is 0 Å². The molecule has 2 aromatic rings. The third-order valence-electron chi connectivity index (χ3n) is 4.16. The van der Waals surface area contributed by atoms with Crippen LogP contribution in [0.3, 0.4) is 0 Å². The molecule has 0 atom stereocenters. The third kappa shape index (κ3) is 4.48. The van der Waals surface area contributed by atoms with Crippen LogP contribution in [0.15, 0.2) is 41.5 Å². The van der Waals surface area contributed by atoms with Crippen LogP contribution in [0.5, 0.6) is 17.2 Å². The molecule has 0 saturated heterocycles. The maximum absolute atomic E-state index is 10.2. The normalized spacial score (nSPS) is 12.9. The minimum atomic E-state index is -0.196. The number of aromatic hydroxyl groups is 2. The highest BCUT2D eigenvalue weighted by molar-refractivity contribution is 6.32. The summed E-state index contributed by atoms with van der Waals surface area (Å²) in [5, 5.41) is 32.6. The Hall–Kier alpha value is -3.37. The van der Waals surface area contributed by atoms with Gasteiger partial charge in [0.1, 0.15) is 17.2 Å². The number of ether oxygens (including phenoxy) is 1. The van der Waals surface area contributed by atoms with E-state index in [4.69, 9.17) is 21.6 Å². The number of allylic oxidation sites excluding steroid dienone is 1. The molecule has 0 amide bonds. The summed E-state index contributed by atoms with van der Waals surface area (Å²) in [7, 11) is 0. The second kappa shape index (κ2) is 9.02. The van der Waals surface area contributed by atoms with E-state index >= 15 is 0 Å². The van der Waals surface area contributed by atoms with Gasteiger partial charge < -0.3 is 14.9 Å². The van der Waals surface area contributed by atoms with E-state index in [1.54, 1.807) is 6.21 Å². The van der Waals surface area contributed by atoms with Crippen molar-refractivity contribution >= 4 is 29.1 Å². The van der Waals surface area contributed by atoms with Crippen LogP contribution >= 0.6 is 11.6 Å². The fraction of sp³-hybridized carbons (Fsp3) is 0.200. The summed E-state index contributed by atoms with van der Waals surface area (Å²) in [6, 6.07) is 12.3. The number of phenolic OH excluding ortho intramolecular Hbond substituents is 2. The molecule has 7 nitrogen and oxygen atoms in total. The number of nitrogens with zero attached hydrogens (tertiary/aromatic N) is 2. The number of hydrogen-bond donors (Lipinski definition) is 4. The average molecular weight is 399 g/mol. The molecule has 3 rings (SSSR count). The Kier molecular flexibility index (Phi) is 6.25. The molecule has 28 heavy (non-hydrogen) atoms. The fourth-order valence-corrected chi connectivity index (χ4v) is 2.89. The minimum Gasteiger partial charge on any atom is -0.507 e. The summed E-state index contributed by atoms with van der Waals surface area (Å²) < 4.78 is 5.68. The molecule has 1 heterocycles. The molecule has 4 N–H and O–H groups in total. The number of rotatable bonds is 7. The summed E-state index contributed by atoms with van der Waals surface area (Å²) >= 11 is 6.00. The molecule has 2 aromatic carbocycles. The number of nitriles is 1. The molecule has 0 aliphatic carbocycles. The van der Waals surface area contributed by atoms with Crippen molar-refractivity contribution in [3.8, 4) is 23.3 Å². The Morgan fingerprint density at radius 2 is 1.89 bits per heavy atom. The first kappa shape index (κ1) is 19.4. The van der Waals surface area contributed by atoms with E-state index in [1.165, 1.54) is 12.1 Å². The SMILES string of the molecule is N#CCCCCOc1ccc(C2=C(c3cc(Cl)c(O)cc3O)NNN=C2)cc1. The molecule has 0 aromatic heterocycles. The van der Waals surface area contributed by atoms with Crippen molar-refractivity contribution in [2.75, 3.05) is 6.61 Å². The fourth-order valence-electron chi connectivity index (χ4n) is 2.73. The van der Waals surface area contributed by atoms with Gasteiger partial charge in [-0.1, -0.05) is 23.7 Å². The molecule has 0 bridgehead atoms. The van der Waals surface area contributed by atoms with Gasteiger partial charge in [0.2, 0.25) is 0 Å². The van der Waals surface area contributed by atoms with Gasteiger partial charge in [-0.15, -0.1) is 0 Å². The number of phenols is 2. The maximum Gasteiger partial charge on any atom is 0.137 e. The quantitative estimate of drug-likeness (QED) is 0.528. The first-order valence-corrected chi connectivity index (χ1v) is 9.08. The van der Waals surface area contributed by atoms with E-state index in [9.17, 15) is 10.2 Å². The van der Waals surface area contributed by atoms with E-state index in [2.05, 4.69) is 22.1 Å². The first-order chi connectivity index (χ1) is 13.6. The number of benzene rings is 2. The van der Waals surface area contributed by atoms with Gasteiger partial charge in [0, 0.05) is 23.6 Å². The van der Waals surface area contributed by atoms with Crippen LogP contribution in [0.4, 0.5) is 0 Å². The van der Waals surface area contributed by atoms with Gasteiger partial charge in [0.15, 0.2) is 0 Å². The number of hydrazone groups is 1. The summed E-state index contributed by atoms with van der Waals surface area (Å²) in [5.74, 6) is 0.423. The van der Waals surface area contributed by atoms with E-state index in [1.807, 2.05) is 24.3 Å². The molecule has 0 unspecified atom stereocenters. The number of nitrogens with one attached hydrogen (secondary N) is 2. The second-order valence-corrected chi connectivity index (χ2v) is 6.50. The Morgan fingerprint density at radius 1 is 1.11 bits per heavy atom. The van der Waals surface area contributed by atoms with Crippen molar-refractivity contribution in [3.63, 3.8) is 0 Å². The summed E-state index contributed by atoms with van der Waals surface area (Å²) in [4.78, 5) is 0. The lowest BCUT2D eigenvalue weighted by atomic mass is 9.99. The minimum absolute atomic E-state index is 0.115. The zero-order chi connectivity index (χ0) is 19.9. The molecule has 8 heteroatoms. The predicted molar refractivity (Wildman–Crippen MR) is 108 cm³/mol. The zero-order valence-corrected chi connectivity index (χ0v) is 15.7. The summed E-state index contributed by atoms with van der Waals surface area (Å²) in [6.45, 7) is 0.557. The maximum atomic E-state index is 10.2. The predicted octanol–water partition coefficient (Wildman–Crippen LogP) is 3.79. The molecule has 1 aliphatic heterocycles. The van der Waals surface area contributed by atoms with Gasteiger partial charge in [-0.3, -0.25) is 5.43 Å². The van der Waals surface area contributed by atoms with Crippen molar-refractivity contribution in [3.05, 3.63) is 52.5 Å². The molecular weight excluding hydrogens is 380 g/mol. The molecule has 0 fully saturated rings. The van der Waals surface area contributed by atoms with Gasteiger partial charge in [-0.2, -0.15) is 10.4 Å². The lowest BCUT2D eigenvalue weighted by molar-refractivity contribution is 0.307. The van der Waals surface area contributed by atoms with Crippen molar-refractivity contribution in [1.29, 1.82) is 5.26 Å². The van der Waals surface area contributed by atoms with E-state index in [-0.39, 0.29) is 16.5 Å². The van der Waals surface area contributed by atoms with E-state index in [0.29, 0.717) is 24.3 Å². The smallest absolute Gasteiger partial charge is 0.137 e. The van der Waals surface area contributed by atoms with Crippen LogP contribution in [-0.4, -0.2) is 23.0 Å². The monoisotopic (exact) mass is 398 g/mol. The molecule has 1 aliphatic rings. The van der Waals surface area contributed by atoms with Crippen LogP contribution in [0.1, 0.15) is 30.4 Å². The van der Waals surface area contributed by atoms with Crippen LogP contribution in [0.25, 0.3) is 11.3 Å². The van der Waals surface area contributed by atoms with Crippen molar-refractivity contribution < 1.29 is 14.9 Å². The zero-order valence-electron chi connectivity index (χ0n) is 14.9. The topological polar surface area (TPSA) is 110 Å². The van der Waals surface area contributed by atoms with Crippen molar-refractivity contribution in [2.24, 2.45) is 5.10 Å². The first-order valence-electron chi connectivity index (χ1n) is 8.70. The highest BCUT2D eigenvalue weighted by Gasteiger charge is 2.18. The van der Waals surface area contributed by atoms with Crippen LogP contribution in [0, 0.1) is 11.3 Å². The average Bonchev–Trinajstić information content (AvgIpc) is 2.71. The summed E-state index contributed by atoms with van der Waals surface area (Å²) in [5.41, 5.74) is 8.14. The Labute approximate surface area is 167 Å². The van der Waals surface area contributed by atoms with Gasteiger partial charge >= 0.3 is 0 Å². The summed E-state index contributed by atoms with van der Waals surface area (Å²) in [6.07, 6.45) is 3.81. The molecule has 144 valence electrons. The standard InChI is InChI=1S/C20H19ClN4O3/c21-17-10-15(18(26)11-19(17)27)20-16(12-23-25-24-20)13-4-6-14(7-5-13)28-9-3-1-2-8-22/h4-7,10-12,24-27H,1-3,9H2. The Balaban J connectivity index is 1.83. The van der Waals surface area contributed by atoms with Crippen molar-refractivity contribution in [2.45, 2.75) is 19.3 Å². The molecule has 0 spiro atoms. The van der Waals surface area contributed by atoms with Crippen LogP contribution < -0.4 is 15.7 Å². The van der Waals surface area contributed by atoms with Gasteiger partial charge in [0.25, 0.3) is 0 Å².